The van der Waals surface area contributed by atoms with E-state index in [-0.39, 0.29) is 0 Å². The number of hydrogen-bond donors (Lipinski definition) is 0. The maximum absolute atomic E-state index is 6.10. The Labute approximate surface area is 122 Å². The van der Waals surface area contributed by atoms with Crippen LogP contribution in [0.2, 0.25) is 5.28 Å². The molecule has 1 fully saturated rings. The predicted molar refractivity (Wildman–Crippen MR) is 82.4 cm³/mol. The summed E-state index contributed by atoms with van der Waals surface area (Å²) in [5.74, 6) is 1.64. The van der Waals surface area contributed by atoms with Crippen molar-refractivity contribution < 1.29 is 0 Å². The number of fused-ring (bicyclic) bond motifs is 1. The number of thiophene rings is 1. The highest BCUT2D eigenvalue weighted by atomic mass is 35.5. The van der Waals surface area contributed by atoms with Gasteiger partial charge in [-0.1, -0.05) is 13.8 Å². The Hall–Kier alpha value is -0.870. The Morgan fingerprint density at radius 1 is 1.42 bits per heavy atom. The molecule has 102 valence electrons. The lowest BCUT2D eigenvalue weighted by molar-refractivity contribution is 0.604. The van der Waals surface area contributed by atoms with Gasteiger partial charge in [-0.15, -0.1) is 11.3 Å². The zero-order valence-electron chi connectivity index (χ0n) is 11.5. The molecule has 2 aromatic rings. The molecule has 1 aliphatic rings. The van der Waals surface area contributed by atoms with Gasteiger partial charge in [0.15, 0.2) is 0 Å². The number of nitrogens with zero attached hydrogens (tertiary/aromatic N) is 3. The first-order chi connectivity index (χ1) is 9.04. The van der Waals surface area contributed by atoms with Gasteiger partial charge < -0.3 is 4.90 Å². The van der Waals surface area contributed by atoms with Crippen LogP contribution >= 0.6 is 22.9 Å². The number of anilines is 1. The van der Waals surface area contributed by atoms with Crippen molar-refractivity contribution in [2.24, 2.45) is 5.92 Å². The minimum atomic E-state index is 0.360. The smallest absolute Gasteiger partial charge is 0.225 e. The number of hydrogen-bond acceptors (Lipinski definition) is 4. The van der Waals surface area contributed by atoms with Crippen LogP contribution in [0.25, 0.3) is 10.2 Å². The van der Waals surface area contributed by atoms with Gasteiger partial charge in [0.05, 0.1) is 5.39 Å². The van der Waals surface area contributed by atoms with E-state index in [4.69, 9.17) is 11.6 Å². The second kappa shape index (κ2) is 4.91. The van der Waals surface area contributed by atoms with E-state index < -0.39 is 0 Å². The van der Waals surface area contributed by atoms with Gasteiger partial charge in [0.1, 0.15) is 10.6 Å². The highest BCUT2D eigenvalue weighted by Crippen LogP contribution is 2.37. The van der Waals surface area contributed by atoms with Gasteiger partial charge in [0.2, 0.25) is 5.28 Å². The van der Waals surface area contributed by atoms with Gasteiger partial charge in [-0.05, 0) is 43.4 Å². The van der Waals surface area contributed by atoms with Crippen molar-refractivity contribution in [2.45, 2.75) is 39.7 Å². The summed E-state index contributed by atoms with van der Waals surface area (Å²) < 4.78 is 0. The number of aromatic nitrogens is 2. The first-order valence-corrected chi connectivity index (χ1v) is 7.94. The molecule has 0 saturated heterocycles. The number of halogens is 1. The summed E-state index contributed by atoms with van der Waals surface area (Å²) in [5, 5.41) is 1.51. The Kier molecular flexibility index (Phi) is 3.39. The average Bonchev–Trinajstić information content (AvgIpc) is 3.07. The molecule has 2 heterocycles. The Bertz CT molecular complexity index is 604. The standard InChI is InChI=1S/C14H18ClN3S/c1-8(2)7-18(10-4-5-10)12-11-6-9(3)19-13(11)17-14(15)16-12/h6,8,10H,4-5,7H2,1-3H3. The van der Waals surface area contributed by atoms with E-state index in [0.717, 1.165) is 22.6 Å². The molecule has 5 heteroatoms. The second-order valence-corrected chi connectivity index (χ2v) is 7.24. The van der Waals surface area contributed by atoms with Crippen molar-refractivity contribution in [1.82, 2.24) is 9.97 Å². The van der Waals surface area contributed by atoms with Crippen molar-refractivity contribution in [2.75, 3.05) is 11.4 Å². The minimum Gasteiger partial charge on any atom is -0.353 e. The predicted octanol–water partition coefficient (Wildman–Crippen LogP) is 4.28. The van der Waals surface area contributed by atoms with Gasteiger partial charge in [-0.25, -0.2) is 4.98 Å². The van der Waals surface area contributed by atoms with Gasteiger partial charge in [-0.3, -0.25) is 0 Å². The molecule has 0 spiro atoms. The molecule has 0 atom stereocenters. The normalized spacial score (nSPS) is 15.4. The summed E-state index contributed by atoms with van der Waals surface area (Å²) in [7, 11) is 0. The first kappa shape index (κ1) is 13.1. The van der Waals surface area contributed by atoms with E-state index in [1.165, 1.54) is 17.7 Å². The quantitative estimate of drug-likeness (QED) is 0.789. The van der Waals surface area contributed by atoms with Crippen LogP contribution in [0, 0.1) is 12.8 Å². The molecule has 3 rings (SSSR count). The van der Waals surface area contributed by atoms with E-state index in [2.05, 4.69) is 41.7 Å². The highest BCUT2D eigenvalue weighted by Gasteiger charge is 2.32. The van der Waals surface area contributed by atoms with Crippen LogP contribution in [0.3, 0.4) is 0 Å². The van der Waals surface area contributed by atoms with Crippen LogP contribution in [0.1, 0.15) is 31.6 Å². The molecule has 0 unspecified atom stereocenters. The zero-order valence-corrected chi connectivity index (χ0v) is 13.1. The van der Waals surface area contributed by atoms with E-state index in [1.54, 1.807) is 11.3 Å². The summed E-state index contributed by atoms with van der Waals surface area (Å²) in [6, 6.07) is 2.82. The second-order valence-electron chi connectivity index (χ2n) is 5.67. The van der Waals surface area contributed by atoms with Crippen LogP contribution in [0.5, 0.6) is 0 Å². The maximum atomic E-state index is 6.10. The Morgan fingerprint density at radius 3 is 2.79 bits per heavy atom. The molecule has 1 aliphatic carbocycles. The lowest BCUT2D eigenvalue weighted by atomic mass is 10.2. The fourth-order valence-corrected chi connectivity index (χ4v) is 3.50. The Balaban J connectivity index is 2.10. The molecule has 0 aliphatic heterocycles. The third-order valence-corrected chi connectivity index (χ3v) is 4.40. The summed E-state index contributed by atoms with van der Waals surface area (Å²) in [4.78, 5) is 13.5. The van der Waals surface area contributed by atoms with Gasteiger partial charge in [0.25, 0.3) is 0 Å². The zero-order chi connectivity index (χ0) is 13.6. The van der Waals surface area contributed by atoms with Crippen LogP contribution in [-0.4, -0.2) is 22.6 Å². The van der Waals surface area contributed by atoms with Gasteiger partial charge in [0, 0.05) is 17.5 Å². The van der Waals surface area contributed by atoms with E-state index in [9.17, 15) is 0 Å². The van der Waals surface area contributed by atoms with Crippen molar-refractivity contribution in [3.63, 3.8) is 0 Å². The molecular weight excluding hydrogens is 278 g/mol. The SMILES string of the molecule is Cc1cc2c(N(CC(C)C)C3CC3)nc(Cl)nc2s1. The fraction of sp³-hybridized carbons (Fsp3) is 0.571. The third kappa shape index (κ3) is 2.70. The summed E-state index contributed by atoms with van der Waals surface area (Å²) in [5.41, 5.74) is 0. The number of aryl methyl sites for hydroxylation is 1. The van der Waals surface area contributed by atoms with Crippen LogP contribution in [-0.2, 0) is 0 Å². The van der Waals surface area contributed by atoms with Gasteiger partial charge in [-0.2, -0.15) is 4.98 Å². The third-order valence-electron chi connectivity index (χ3n) is 3.29. The van der Waals surface area contributed by atoms with Crippen LogP contribution < -0.4 is 4.90 Å². The lowest BCUT2D eigenvalue weighted by Gasteiger charge is -2.26. The number of rotatable bonds is 4. The van der Waals surface area contributed by atoms with Crippen molar-refractivity contribution in [1.29, 1.82) is 0 Å². The lowest BCUT2D eigenvalue weighted by Crippen LogP contribution is -2.30. The Morgan fingerprint density at radius 2 is 2.16 bits per heavy atom. The molecule has 1 saturated carbocycles. The van der Waals surface area contributed by atoms with E-state index in [1.807, 2.05) is 0 Å². The molecule has 0 amide bonds. The molecule has 3 nitrogen and oxygen atoms in total. The fourth-order valence-electron chi connectivity index (χ4n) is 2.41. The topological polar surface area (TPSA) is 29.0 Å². The van der Waals surface area contributed by atoms with Crippen LogP contribution in [0.4, 0.5) is 5.82 Å². The van der Waals surface area contributed by atoms with E-state index >= 15 is 0 Å². The molecule has 0 aromatic carbocycles. The van der Waals surface area contributed by atoms with Gasteiger partial charge >= 0.3 is 0 Å². The summed E-state index contributed by atoms with van der Waals surface area (Å²) >= 11 is 7.78. The van der Waals surface area contributed by atoms with E-state index in [0.29, 0.717) is 17.2 Å². The van der Waals surface area contributed by atoms with Crippen molar-refractivity contribution in [3.05, 3.63) is 16.2 Å². The molecule has 19 heavy (non-hydrogen) atoms. The molecule has 2 aromatic heterocycles. The van der Waals surface area contributed by atoms with Crippen LogP contribution in [0.15, 0.2) is 6.07 Å². The largest absolute Gasteiger partial charge is 0.353 e. The molecular formula is C14H18ClN3S. The monoisotopic (exact) mass is 295 g/mol. The van der Waals surface area contributed by atoms with Crippen molar-refractivity contribution in [3.8, 4) is 0 Å². The molecule has 0 bridgehead atoms. The first-order valence-electron chi connectivity index (χ1n) is 6.75. The summed E-state index contributed by atoms with van der Waals surface area (Å²) in [6.07, 6.45) is 2.53. The van der Waals surface area contributed by atoms with Crippen molar-refractivity contribution >= 4 is 39.0 Å². The molecule has 0 radical (unpaired) electrons. The average molecular weight is 296 g/mol. The maximum Gasteiger partial charge on any atom is 0.225 e. The molecule has 0 N–H and O–H groups in total. The summed E-state index contributed by atoms with van der Waals surface area (Å²) in [6.45, 7) is 7.62. The minimum absolute atomic E-state index is 0.360. The highest BCUT2D eigenvalue weighted by molar-refractivity contribution is 7.18.